The monoisotopic (exact) mass is 291 g/mol. The number of aryl methyl sites for hydroxylation is 2. The van der Waals surface area contributed by atoms with Crippen LogP contribution in [-0.4, -0.2) is 42.8 Å². The fourth-order valence-corrected chi connectivity index (χ4v) is 2.56. The topological polar surface area (TPSA) is 70.7 Å². The van der Waals surface area contributed by atoms with Crippen LogP contribution in [0.1, 0.15) is 18.1 Å². The van der Waals surface area contributed by atoms with Crippen molar-refractivity contribution < 1.29 is 14.3 Å². The summed E-state index contributed by atoms with van der Waals surface area (Å²) in [5.74, 6) is 0. The third-order valence-electron chi connectivity index (χ3n) is 3.65. The summed E-state index contributed by atoms with van der Waals surface area (Å²) >= 11 is 0. The summed E-state index contributed by atoms with van der Waals surface area (Å²) < 4.78 is 4.64. The third kappa shape index (κ3) is 3.26. The molecule has 0 saturated carbocycles. The Morgan fingerprint density at radius 3 is 2.33 bits per heavy atom. The average Bonchev–Trinajstić information content (AvgIpc) is 2.39. The van der Waals surface area contributed by atoms with E-state index in [1.807, 2.05) is 39.0 Å². The summed E-state index contributed by atoms with van der Waals surface area (Å²) in [7, 11) is 1.35. The van der Waals surface area contributed by atoms with E-state index in [9.17, 15) is 9.59 Å². The van der Waals surface area contributed by atoms with Gasteiger partial charge in [-0.15, -0.1) is 0 Å². The van der Waals surface area contributed by atoms with Crippen LogP contribution in [0.5, 0.6) is 0 Å². The summed E-state index contributed by atoms with van der Waals surface area (Å²) in [5, 5.41) is 5.78. The second-order valence-corrected chi connectivity index (χ2v) is 5.73. The molecular weight excluding hydrogens is 270 g/mol. The van der Waals surface area contributed by atoms with Crippen LogP contribution in [0.3, 0.4) is 0 Å². The molecule has 0 radical (unpaired) electrons. The molecule has 1 aliphatic heterocycles. The molecule has 21 heavy (non-hydrogen) atoms. The van der Waals surface area contributed by atoms with Gasteiger partial charge in [-0.05, 0) is 31.9 Å². The number of para-hydroxylation sites is 1. The minimum atomic E-state index is -0.422. The Hall–Kier alpha value is -2.24. The Morgan fingerprint density at radius 1 is 1.24 bits per heavy atom. The van der Waals surface area contributed by atoms with Gasteiger partial charge in [-0.2, -0.15) is 0 Å². The number of nitrogens with one attached hydrogen (secondary N) is 2. The highest BCUT2D eigenvalue weighted by atomic mass is 16.5. The van der Waals surface area contributed by atoms with E-state index in [1.54, 1.807) is 4.90 Å². The second kappa shape index (κ2) is 5.63. The summed E-state index contributed by atoms with van der Waals surface area (Å²) in [6.45, 7) is 6.69. The Morgan fingerprint density at radius 2 is 1.81 bits per heavy atom. The van der Waals surface area contributed by atoms with Crippen LogP contribution in [0.2, 0.25) is 0 Å². The average molecular weight is 291 g/mol. The van der Waals surface area contributed by atoms with Crippen molar-refractivity contribution in [1.82, 2.24) is 10.2 Å². The Balaban J connectivity index is 1.93. The first-order valence-corrected chi connectivity index (χ1v) is 6.83. The number of hydrogen-bond acceptors (Lipinski definition) is 3. The lowest BCUT2D eigenvalue weighted by Crippen LogP contribution is -2.70. The predicted molar refractivity (Wildman–Crippen MR) is 80.5 cm³/mol. The Labute approximate surface area is 124 Å². The van der Waals surface area contributed by atoms with Gasteiger partial charge in [-0.3, -0.25) is 0 Å². The predicted octanol–water partition coefficient (Wildman–Crippen LogP) is 2.27. The van der Waals surface area contributed by atoms with Crippen molar-refractivity contribution in [2.45, 2.75) is 26.3 Å². The van der Waals surface area contributed by atoms with E-state index >= 15 is 0 Å². The maximum atomic E-state index is 12.1. The summed E-state index contributed by atoms with van der Waals surface area (Å²) in [6.07, 6.45) is -0.371. The van der Waals surface area contributed by atoms with Gasteiger partial charge in [0, 0.05) is 18.8 Å². The highest BCUT2D eigenvalue weighted by Gasteiger charge is 2.43. The molecule has 114 valence electrons. The van der Waals surface area contributed by atoms with Gasteiger partial charge in [0.1, 0.15) is 0 Å². The number of anilines is 1. The number of amides is 3. The molecule has 3 amide bonds. The van der Waals surface area contributed by atoms with Gasteiger partial charge in [0.15, 0.2) is 0 Å². The van der Waals surface area contributed by atoms with Crippen molar-refractivity contribution in [3.63, 3.8) is 0 Å². The number of carbonyl (C=O) groups is 2. The van der Waals surface area contributed by atoms with E-state index in [2.05, 4.69) is 15.4 Å². The molecule has 0 aromatic heterocycles. The maximum absolute atomic E-state index is 12.1. The molecule has 6 nitrogen and oxygen atoms in total. The summed E-state index contributed by atoms with van der Waals surface area (Å²) in [5.41, 5.74) is 2.43. The van der Waals surface area contributed by atoms with Gasteiger partial charge < -0.3 is 20.3 Å². The highest BCUT2D eigenvalue weighted by Crippen LogP contribution is 2.22. The van der Waals surface area contributed by atoms with Crippen LogP contribution >= 0.6 is 0 Å². The molecular formula is C15H21N3O3. The van der Waals surface area contributed by atoms with Crippen LogP contribution < -0.4 is 10.6 Å². The van der Waals surface area contributed by atoms with E-state index in [4.69, 9.17) is 0 Å². The molecule has 1 aliphatic rings. The van der Waals surface area contributed by atoms with Crippen LogP contribution in [-0.2, 0) is 4.74 Å². The van der Waals surface area contributed by atoms with Crippen molar-refractivity contribution >= 4 is 17.8 Å². The smallest absolute Gasteiger partial charge is 0.409 e. The fraction of sp³-hybridized carbons (Fsp3) is 0.467. The van der Waals surface area contributed by atoms with Gasteiger partial charge in [0.2, 0.25) is 0 Å². The van der Waals surface area contributed by atoms with Crippen LogP contribution in [0, 0.1) is 13.8 Å². The van der Waals surface area contributed by atoms with E-state index in [0.717, 1.165) is 16.8 Å². The van der Waals surface area contributed by atoms with E-state index < -0.39 is 5.54 Å². The number of nitrogens with zero attached hydrogens (tertiary/aromatic N) is 1. The van der Waals surface area contributed by atoms with Gasteiger partial charge in [-0.25, -0.2) is 9.59 Å². The fourth-order valence-electron chi connectivity index (χ4n) is 2.56. The summed E-state index contributed by atoms with van der Waals surface area (Å²) in [4.78, 5) is 25.0. The molecule has 2 rings (SSSR count). The zero-order valence-electron chi connectivity index (χ0n) is 12.8. The molecule has 1 aromatic rings. The Bertz CT molecular complexity index is 545. The molecule has 2 N–H and O–H groups in total. The zero-order chi connectivity index (χ0) is 15.6. The van der Waals surface area contributed by atoms with Gasteiger partial charge in [-0.1, -0.05) is 18.2 Å². The van der Waals surface area contributed by atoms with E-state index in [-0.39, 0.29) is 12.1 Å². The summed E-state index contributed by atoms with van der Waals surface area (Å²) in [6, 6.07) is 5.59. The molecule has 1 aromatic carbocycles. The lowest BCUT2D eigenvalue weighted by molar-refractivity contribution is 0.0476. The molecule has 1 saturated heterocycles. The normalized spacial score (nSPS) is 15.9. The number of rotatable bonds is 2. The largest absolute Gasteiger partial charge is 0.453 e. The van der Waals surface area contributed by atoms with Crippen molar-refractivity contribution in [3.05, 3.63) is 29.3 Å². The van der Waals surface area contributed by atoms with Gasteiger partial charge in [0.25, 0.3) is 0 Å². The Kier molecular flexibility index (Phi) is 4.06. The molecule has 6 heteroatoms. The minimum Gasteiger partial charge on any atom is -0.453 e. The molecule has 1 heterocycles. The molecule has 1 fully saturated rings. The quantitative estimate of drug-likeness (QED) is 0.878. The van der Waals surface area contributed by atoms with Crippen molar-refractivity contribution in [2.75, 3.05) is 25.5 Å². The van der Waals surface area contributed by atoms with Crippen molar-refractivity contribution in [3.8, 4) is 0 Å². The third-order valence-corrected chi connectivity index (χ3v) is 3.65. The lowest BCUT2D eigenvalue weighted by Gasteiger charge is -2.47. The standard InChI is InChI=1S/C15H21N3O3/c1-10-6-5-7-11(2)12(10)16-13(19)17-15(3)8-18(9-15)14(20)21-4/h5-7H,8-9H2,1-4H3,(H2,16,17,19). The minimum absolute atomic E-state index is 0.264. The zero-order valence-corrected chi connectivity index (χ0v) is 12.8. The lowest BCUT2D eigenvalue weighted by atomic mass is 9.93. The van der Waals surface area contributed by atoms with Gasteiger partial charge in [0.05, 0.1) is 12.6 Å². The van der Waals surface area contributed by atoms with Crippen molar-refractivity contribution in [1.29, 1.82) is 0 Å². The van der Waals surface area contributed by atoms with Crippen LogP contribution in [0.4, 0.5) is 15.3 Å². The number of likely N-dealkylation sites (tertiary alicyclic amines) is 1. The van der Waals surface area contributed by atoms with Crippen LogP contribution in [0.25, 0.3) is 0 Å². The second-order valence-electron chi connectivity index (χ2n) is 5.73. The number of carbonyl (C=O) groups excluding carboxylic acids is 2. The highest BCUT2D eigenvalue weighted by molar-refractivity contribution is 5.91. The number of benzene rings is 1. The molecule has 0 spiro atoms. The van der Waals surface area contributed by atoms with Crippen LogP contribution in [0.15, 0.2) is 18.2 Å². The molecule has 0 atom stereocenters. The number of ether oxygens (including phenoxy) is 1. The number of urea groups is 1. The maximum Gasteiger partial charge on any atom is 0.409 e. The molecule has 0 aliphatic carbocycles. The van der Waals surface area contributed by atoms with E-state index in [0.29, 0.717) is 13.1 Å². The first-order chi connectivity index (χ1) is 9.84. The molecule has 0 unspecified atom stereocenters. The SMILES string of the molecule is COC(=O)N1CC(C)(NC(=O)Nc2c(C)cccc2C)C1. The van der Waals surface area contributed by atoms with E-state index in [1.165, 1.54) is 7.11 Å². The van der Waals surface area contributed by atoms with Gasteiger partial charge >= 0.3 is 12.1 Å². The first-order valence-electron chi connectivity index (χ1n) is 6.83. The number of hydrogen-bond donors (Lipinski definition) is 2. The first kappa shape index (κ1) is 15.2. The molecule has 0 bridgehead atoms. The van der Waals surface area contributed by atoms with Crippen molar-refractivity contribution in [2.24, 2.45) is 0 Å². The number of methoxy groups -OCH3 is 1.